The van der Waals surface area contributed by atoms with Gasteiger partial charge in [0.25, 0.3) is 0 Å². The lowest BCUT2D eigenvalue weighted by molar-refractivity contribution is 0.0432. The van der Waals surface area contributed by atoms with Crippen molar-refractivity contribution in [2.75, 3.05) is 13.1 Å². The smallest absolute Gasteiger partial charge is 0.318 e. The van der Waals surface area contributed by atoms with Gasteiger partial charge in [-0.2, -0.15) is 0 Å². The van der Waals surface area contributed by atoms with Crippen LogP contribution in [0.3, 0.4) is 0 Å². The van der Waals surface area contributed by atoms with E-state index in [1.807, 2.05) is 67.6 Å². The number of hydrogen-bond acceptors (Lipinski definition) is 2. The minimum absolute atomic E-state index is 0.126. The maximum atomic E-state index is 12.7. The summed E-state index contributed by atoms with van der Waals surface area (Å²) >= 11 is 0. The molecule has 2 N–H and O–H groups in total. The molecule has 126 valence electrons. The first-order chi connectivity index (χ1) is 11.6. The molecule has 1 aliphatic rings. The van der Waals surface area contributed by atoms with E-state index < -0.39 is 6.10 Å². The van der Waals surface area contributed by atoms with Crippen LogP contribution < -0.4 is 5.32 Å². The average molecular weight is 324 g/mol. The predicted molar refractivity (Wildman–Crippen MR) is 94.6 cm³/mol. The van der Waals surface area contributed by atoms with Gasteiger partial charge < -0.3 is 15.3 Å². The number of aliphatic hydroxyl groups excluding tert-OH is 1. The number of nitrogens with one attached hydrogen (secondary N) is 1. The van der Waals surface area contributed by atoms with E-state index in [2.05, 4.69) is 5.32 Å². The average Bonchev–Trinajstić information content (AvgIpc) is 2.63. The first-order valence-corrected chi connectivity index (χ1v) is 8.48. The number of carbonyl (C=O) groups excluding carboxylic acids is 1. The Kier molecular flexibility index (Phi) is 5.16. The quantitative estimate of drug-likeness (QED) is 0.911. The molecule has 0 bridgehead atoms. The molecule has 1 saturated heterocycles. The van der Waals surface area contributed by atoms with Gasteiger partial charge >= 0.3 is 6.03 Å². The van der Waals surface area contributed by atoms with Gasteiger partial charge in [-0.25, -0.2) is 4.79 Å². The Labute approximate surface area is 143 Å². The number of aliphatic hydroxyl groups is 1. The highest BCUT2D eigenvalue weighted by Crippen LogP contribution is 2.23. The molecule has 2 aromatic rings. The van der Waals surface area contributed by atoms with E-state index in [9.17, 15) is 9.90 Å². The highest BCUT2D eigenvalue weighted by atomic mass is 16.3. The topological polar surface area (TPSA) is 52.6 Å². The van der Waals surface area contributed by atoms with Gasteiger partial charge in [0.15, 0.2) is 0 Å². The van der Waals surface area contributed by atoms with E-state index in [0.29, 0.717) is 13.1 Å². The highest BCUT2D eigenvalue weighted by Gasteiger charge is 2.28. The number of urea groups is 1. The van der Waals surface area contributed by atoms with Gasteiger partial charge in [-0.3, -0.25) is 0 Å². The third kappa shape index (κ3) is 3.77. The number of hydrogen-bond donors (Lipinski definition) is 2. The van der Waals surface area contributed by atoms with Gasteiger partial charge in [-0.05, 0) is 23.5 Å². The molecule has 0 aliphatic carbocycles. The lowest BCUT2D eigenvalue weighted by atomic mass is 9.96. The van der Waals surface area contributed by atoms with Crippen LogP contribution in [0.5, 0.6) is 0 Å². The molecule has 4 heteroatoms. The molecule has 0 aromatic heterocycles. The molecule has 4 nitrogen and oxygen atoms in total. The maximum absolute atomic E-state index is 12.7. The van der Waals surface area contributed by atoms with Crippen molar-refractivity contribution in [3.05, 3.63) is 71.8 Å². The Morgan fingerprint density at radius 2 is 1.62 bits per heavy atom. The third-order valence-electron chi connectivity index (χ3n) is 4.74. The Bertz CT molecular complexity index is 620. The monoisotopic (exact) mass is 324 g/mol. The number of likely N-dealkylation sites (tertiary alicyclic amines) is 1. The van der Waals surface area contributed by atoms with Gasteiger partial charge in [-0.15, -0.1) is 0 Å². The van der Waals surface area contributed by atoms with Crippen LogP contribution in [0.1, 0.15) is 30.5 Å². The van der Waals surface area contributed by atoms with Crippen molar-refractivity contribution in [1.29, 1.82) is 0 Å². The summed E-state index contributed by atoms with van der Waals surface area (Å²) in [5.41, 5.74) is 2.09. The number of benzene rings is 2. The van der Waals surface area contributed by atoms with E-state index in [0.717, 1.165) is 17.5 Å². The van der Waals surface area contributed by atoms with Crippen LogP contribution in [0.15, 0.2) is 60.7 Å². The molecule has 2 atom stereocenters. The molecule has 2 aromatic carbocycles. The Morgan fingerprint density at radius 1 is 1.08 bits per heavy atom. The predicted octanol–water partition coefficient (Wildman–Crippen LogP) is 3.19. The summed E-state index contributed by atoms with van der Waals surface area (Å²) < 4.78 is 0. The van der Waals surface area contributed by atoms with E-state index >= 15 is 0 Å². The molecule has 0 radical (unpaired) electrons. The molecule has 2 unspecified atom stereocenters. The largest absolute Gasteiger partial charge is 0.391 e. The SMILES string of the molecule is CC1CCN(C(=O)NC(c2ccccc2)c2ccccc2)CC1O. The van der Waals surface area contributed by atoms with E-state index in [1.165, 1.54) is 0 Å². The van der Waals surface area contributed by atoms with Crippen molar-refractivity contribution in [3.63, 3.8) is 0 Å². The summed E-state index contributed by atoms with van der Waals surface area (Å²) in [5, 5.41) is 13.2. The minimum atomic E-state index is -0.448. The van der Waals surface area contributed by atoms with Crippen molar-refractivity contribution in [3.8, 4) is 0 Å². The second-order valence-electron chi connectivity index (χ2n) is 6.48. The fourth-order valence-electron chi connectivity index (χ4n) is 3.10. The lowest BCUT2D eigenvalue weighted by Gasteiger charge is -2.35. The molecule has 0 spiro atoms. The fourth-order valence-corrected chi connectivity index (χ4v) is 3.10. The molecule has 0 saturated carbocycles. The van der Waals surface area contributed by atoms with E-state index in [1.54, 1.807) is 4.90 Å². The Hall–Kier alpha value is -2.33. The highest BCUT2D eigenvalue weighted by molar-refractivity contribution is 5.75. The molecule has 24 heavy (non-hydrogen) atoms. The van der Waals surface area contributed by atoms with Crippen molar-refractivity contribution < 1.29 is 9.90 Å². The molecule has 1 heterocycles. The van der Waals surface area contributed by atoms with Crippen LogP contribution in [0.4, 0.5) is 4.79 Å². The summed E-state index contributed by atoms with van der Waals surface area (Å²) in [6.07, 6.45) is 0.382. The summed E-state index contributed by atoms with van der Waals surface area (Å²) in [7, 11) is 0. The van der Waals surface area contributed by atoms with Gasteiger partial charge in [0.05, 0.1) is 12.1 Å². The van der Waals surface area contributed by atoms with Gasteiger partial charge in [0.2, 0.25) is 0 Å². The molecule has 1 aliphatic heterocycles. The second kappa shape index (κ2) is 7.49. The van der Waals surface area contributed by atoms with Crippen LogP contribution in [0.2, 0.25) is 0 Å². The van der Waals surface area contributed by atoms with Crippen LogP contribution in [0, 0.1) is 5.92 Å². The molecular formula is C20H24N2O2. The molecular weight excluding hydrogens is 300 g/mol. The zero-order valence-electron chi connectivity index (χ0n) is 13.9. The first kappa shape index (κ1) is 16.5. The van der Waals surface area contributed by atoms with Crippen molar-refractivity contribution >= 4 is 6.03 Å². The number of amides is 2. The van der Waals surface area contributed by atoms with Crippen molar-refractivity contribution in [2.45, 2.75) is 25.5 Å². The van der Waals surface area contributed by atoms with E-state index in [-0.39, 0.29) is 18.0 Å². The van der Waals surface area contributed by atoms with Crippen LogP contribution in [-0.4, -0.2) is 35.2 Å². The summed E-state index contributed by atoms with van der Waals surface area (Å²) in [6, 6.07) is 19.6. The van der Waals surface area contributed by atoms with Gasteiger partial charge in [0.1, 0.15) is 0 Å². The zero-order chi connectivity index (χ0) is 16.9. The van der Waals surface area contributed by atoms with Gasteiger partial charge in [-0.1, -0.05) is 67.6 Å². The number of nitrogens with zero attached hydrogens (tertiary/aromatic N) is 1. The number of rotatable bonds is 3. The fraction of sp³-hybridized carbons (Fsp3) is 0.350. The first-order valence-electron chi connectivity index (χ1n) is 8.48. The zero-order valence-corrected chi connectivity index (χ0v) is 13.9. The lowest BCUT2D eigenvalue weighted by Crippen LogP contribution is -2.50. The Morgan fingerprint density at radius 3 is 2.12 bits per heavy atom. The van der Waals surface area contributed by atoms with Crippen molar-refractivity contribution in [2.24, 2.45) is 5.92 Å². The number of β-amino-alcohol motifs (C(OH)–C–C–N with tert-alkyl or cyclic N) is 1. The number of piperidine rings is 1. The summed E-state index contributed by atoms with van der Waals surface area (Å²) in [5.74, 6) is 0.244. The second-order valence-corrected chi connectivity index (χ2v) is 6.48. The van der Waals surface area contributed by atoms with Gasteiger partial charge in [0, 0.05) is 13.1 Å². The standard InChI is InChI=1S/C20H24N2O2/c1-15-12-13-22(14-18(15)23)20(24)21-19(16-8-4-2-5-9-16)17-10-6-3-7-11-17/h2-11,15,18-19,23H,12-14H2,1H3,(H,21,24). The minimum Gasteiger partial charge on any atom is -0.391 e. The van der Waals surface area contributed by atoms with Crippen LogP contribution in [0.25, 0.3) is 0 Å². The summed E-state index contributed by atoms with van der Waals surface area (Å²) in [4.78, 5) is 14.4. The Balaban J connectivity index is 1.78. The normalized spacial score (nSPS) is 20.9. The summed E-state index contributed by atoms with van der Waals surface area (Å²) in [6.45, 7) is 3.10. The van der Waals surface area contributed by atoms with E-state index in [4.69, 9.17) is 0 Å². The van der Waals surface area contributed by atoms with Crippen LogP contribution in [-0.2, 0) is 0 Å². The molecule has 1 fully saturated rings. The maximum Gasteiger partial charge on any atom is 0.318 e. The number of carbonyl (C=O) groups is 1. The third-order valence-corrected chi connectivity index (χ3v) is 4.74. The van der Waals surface area contributed by atoms with Crippen molar-refractivity contribution in [1.82, 2.24) is 10.2 Å². The van der Waals surface area contributed by atoms with Crippen LogP contribution >= 0.6 is 0 Å². The molecule has 2 amide bonds. The molecule has 3 rings (SSSR count).